The van der Waals surface area contributed by atoms with Gasteiger partial charge in [0.05, 0.1) is 0 Å². The van der Waals surface area contributed by atoms with Gasteiger partial charge < -0.3 is 15.2 Å². The van der Waals surface area contributed by atoms with Crippen molar-refractivity contribution in [2.24, 2.45) is 0 Å². The third-order valence-corrected chi connectivity index (χ3v) is 4.39. The summed E-state index contributed by atoms with van der Waals surface area (Å²) in [6.07, 6.45) is 2.63. The smallest absolute Gasteiger partial charge is 0.270 e. The Kier molecular flexibility index (Phi) is 6.63. The maximum Gasteiger partial charge on any atom is 0.270 e. The second-order valence-electron chi connectivity index (χ2n) is 5.79. The molecule has 1 amide bonds. The molecule has 1 fully saturated rings. The molecule has 0 atom stereocenters. The second kappa shape index (κ2) is 7.79. The molecule has 2 rings (SSSR count). The standard InChI is InChI=1S/C16H25N3O2.ClH/c1-5-13-14(11(3)20)10(2)18-15(13)16(21)19(4)12-6-8-17-9-7-12;/h12,17-18H,5-9H2,1-4H3;1H. The Bertz CT molecular complexity index is 548. The van der Waals surface area contributed by atoms with E-state index in [0.29, 0.717) is 17.7 Å². The Balaban J connectivity index is 0.00000242. The van der Waals surface area contributed by atoms with Crippen LogP contribution in [0.1, 0.15) is 58.8 Å². The molecule has 0 aliphatic carbocycles. The molecular formula is C16H26ClN3O2. The van der Waals surface area contributed by atoms with Crippen molar-refractivity contribution in [1.82, 2.24) is 15.2 Å². The lowest BCUT2D eigenvalue weighted by Gasteiger charge is -2.31. The molecule has 5 nitrogen and oxygen atoms in total. The van der Waals surface area contributed by atoms with Crippen molar-refractivity contribution in [3.8, 4) is 0 Å². The molecule has 0 aromatic carbocycles. The Labute approximate surface area is 138 Å². The van der Waals surface area contributed by atoms with Crippen LogP contribution in [0.25, 0.3) is 0 Å². The van der Waals surface area contributed by atoms with Crippen molar-refractivity contribution in [3.63, 3.8) is 0 Å². The maximum atomic E-state index is 12.8. The van der Waals surface area contributed by atoms with Gasteiger partial charge in [0, 0.05) is 24.3 Å². The lowest BCUT2D eigenvalue weighted by Crippen LogP contribution is -2.44. The van der Waals surface area contributed by atoms with Crippen molar-refractivity contribution >= 4 is 24.1 Å². The highest BCUT2D eigenvalue weighted by atomic mass is 35.5. The van der Waals surface area contributed by atoms with Gasteiger partial charge in [-0.3, -0.25) is 9.59 Å². The number of halogens is 1. The van der Waals surface area contributed by atoms with Crippen LogP contribution in [-0.2, 0) is 6.42 Å². The Morgan fingerprint density at radius 1 is 1.27 bits per heavy atom. The van der Waals surface area contributed by atoms with Crippen molar-refractivity contribution in [2.75, 3.05) is 20.1 Å². The van der Waals surface area contributed by atoms with Crippen molar-refractivity contribution in [3.05, 3.63) is 22.5 Å². The molecule has 6 heteroatoms. The molecular weight excluding hydrogens is 302 g/mol. The van der Waals surface area contributed by atoms with Crippen molar-refractivity contribution < 1.29 is 9.59 Å². The van der Waals surface area contributed by atoms with Crippen LogP contribution in [-0.4, -0.2) is 47.8 Å². The van der Waals surface area contributed by atoms with Crippen LogP contribution in [0.2, 0.25) is 0 Å². The number of hydrogen-bond donors (Lipinski definition) is 2. The number of amides is 1. The number of H-pyrrole nitrogens is 1. The number of ketones is 1. The van der Waals surface area contributed by atoms with Crippen LogP contribution < -0.4 is 5.32 Å². The van der Waals surface area contributed by atoms with Gasteiger partial charge in [-0.05, 0) is 51.8 Å². The molecule has 2 heterocycles. The van der Waals surface area contributed by atoms with Crippen LogP contribution in [0.5, 0.6) is 0 Å². The summed E-state index contributed by atoms with van der Waals surface area (Å²) in [4.78, 5) is 29.5. The van der Waals surface area contributed by atoms with Crippen molar-refractivity contribution in [1.29, 1.82) is 0 Å². The third kappa shape index (κ3) is 3.52. The number of Topliss-reactive ketones (excluding diaryl/α,β-unsaturated/α-hetero) is 1. The van der Waals surface area contributed by atoms with Gasteiger partial charge in [0.15, 0.2) is 5.78 Å². The van der Waals surface area contributed by atoms with E-state index in [4.69, 9.17) is 0 Å². The summed E-state index contributed by atoms with van der Waals surface area (Å²) in [6, 6.07) is 0.271. The fourth-order valence-electron chi connectivity index (χ4n) is 3.23. The molecule has 0 spiro atoms. The van der Waals surface area contributed by atoms with Crippen LogP contribution in [0.3, 0.4) is 0 Å². The summed E-state index contributed by atoms with van der Waals surface area (Å²) in [5, 5.41) is 3.31. The summed E-state index contributed by atoms with van der Waals surface area (Å²) >= 11 is 0. The number of nitrogens with zero attached hydrogens (tertiary/aromatic N) is 1. The highest BCUT2D eigenvalue weighted by Gasteiger charge is 2.27. The van der Waals surface area contributed by atoms with E-state index in [2.05, 4.69) is 10.3 Å². The van der Waals surface area contributed by atoms with Crippen LogP contribution >= 0.6 is 12.4 Å². The molecule has 0 radical (unpaired) electrons. The summed E-state index contributed by atoms with van der Waals surface area (Å²) in [5.74, 6) is 0.0125. The highest BCUT2D eigenvalue weighted by molar-refractivity contribution is 6.02. The minimum atomic E-state index is -0.00523. The SMILES string of the molecule is CCc1c(C(=O)N(C)C2CCNCC2)[nH]c(C)c1C(C)=O.Cl. The largest absolute Gasteiger partial charge is 0.354 e. The first-order valence-electron chi connectivity index (χ1n) is 7.67. The van der Waals surface area contributed by atoms with E-state index in [1.54, 1.807) is 6.92 Å². The number of rotatable bonds is 4. The summed E-state index contributed by atoms with van der Waals surface area (Å²) in [5.41, 5.74) is 2.91. The Morgan fingerprint density at radius 2 is 1.86 bits per heavy atom. The molecule has 0 unspecified atom stereocenters. The summed E-state index contributed by atoms with van der Waals surface area (Å²) in [6.45, 7) is 7.30. The zero-order chi connectivity index (χ0) is 15.6. The summed E-state index contributed by atoms with van der Waals surface area (Å²) < 4.78 is 0. The molecule has 1 aliphatic rings. The van der Waals surface area contributed by atoms with E-state index in [1.165, 1.54) is 0 Å². The van der Waals surface area contributed by atoms with Gasteiger partial charge in [0.2, 0.25) is 0 Å². The van der Waals surface area contributed by atoms with E-state index in [9.17, 15) is 9.59 Å². The average Bonchev–Trinajstić information content (AvgIpc) is 2.83. The van der Waals surface area contributed by atoms with Crippen LogP contribution in [0.15, 0.2) is 0 Å². The molecule has 1 aromatic heterocycles. The molecule has 124 valence electrons. The molecule has 0 bridgehead atoms. The number of aryl methyl sites for hydroxylation is 1. The number of aromatic amines is 1. The quantitative estimate of drug-likeness (QED) is 0.834. The predicted molar refractivity (Wildman–Crippen MR) is 90.1 cm³/mol. The van der Waals surface area contributed by atoms with Gasteiger partial charge in [-0.25, -0.2) is 0 Å². The fourth-order valence-corrected chi connectivity index (χ4v) is 3.23. The average molecular weight is 328 g/mol. The van der Waals surface area contributed by atoms with E-state index < -0.39 is 0 Å². The molecule has 1 aromatic rings. The van der Waals surface area contributed by atoms with Gasteiger partial charge in [0.1, 0.15) is 5.69 Å². The number of nitrogens with one attached hydrogen (secondary N) is 2. The number of piperidine rings is 1. The third-order valence-electron chi connectivity index (χ3n) is 4.39. The number of hydrogen-bond acceptors (Lipinski definition) is 3. The second-order valence-corrected chi connectivity index (χ2v) is 5.79. The molecule has 22 heavy (non-hydrogen) atoms. The lowest BCUT2D eigenvalue weighted by molar-refractivity contribution is 0.0696. The van der Waals surface area contributed by atoms with Gasteiger partial charge in [-0.2, -0.15) is 0 Å². The molecule has 1 saturated heterocycles. The molecule has 0 saturated carbocycles. The van der Waals surface area contributed by atoms with Crippen LogP contribution in [0, 0.1) is 6.92 Å². The first-order chi connectivity index (χ1) is 9.97. The topological polar surface area (TPSA) is 65.2 Å². The first-order valence-corrected chi connectivity index (χ1v) is 7.67. The van der Waals surface area contributed by atoms with Gasteiger partial charge in [-0.15, -0.1) is 12.4 Å². The summed E-state index contributed by atoms with van der Waals surface area (Å²) in [7, 11) is 1.86. The van der Waals surface area contributed by atoms with E-state index >= 15 is 0 Å². The van der Waals surface area contributed by atoms with Gasteiger partial charge >= 0.3 is 0 Å². The molecule has 2 N–H and O–H groups in total. The lowest BCUT2D eigenvalue weighted by atomic mass is 10.0. The molecule has 1 aliphatic heterocycles. The normalized spacial score (nSPS) is 15.3. The zero-order valence-corrected chi connectivity index (χ0v) is 14.6. The van der Waals surface area contributed by atoms with E-state index in [1.807, 2.05) is 25.8 Å². The van der Waals surface area contributed by atoms with Gasteiger partial charge in [0.25, 0.3) is 5.91 Å². The highest BCUT2D eigenvalue weighted by Crippen LogP contribution is 2.23. The number of aromatic nitrogens is 1. The Morgan fingerprint density at radius 3 is 2.36 bits per heavy atom. The number of carbonyl (C=O) groups is 2. The minimum absolute atomic E-state index is 0. The predicted octanol–water partition coefficient (Wildman–Crippen LogP) is 2.33. The first kappa shape index (κ1) is 18.7. The Hall–Kier alpha value is -1.33. The number of carbonyl (C=O) groups excluding carboxylic acids is 2. The monoisotopic (exact) mass is 327 g/mol. The van der Waals surface area contributed by atoms with Gasteiger partial charge in [-0.1, -0.05) is 6.92 Å². The maximum absolute atomic E-state index is 12.8. The van der Waals surface area contributed by atoms with E-state index in [-0.39, 0.29) is 30.1 Å². The van der Waals surface area contributed by atoms with E-state index in [0.717, 1.165) is 37.2 Å². The van der Waals surface area contributed by atoms with Crippen molar-refractivity contribution in [2.45, 2.75) is 46.1 Å². The van der Waals surface area contributed by atoms with Crippen LogP contribution in [0.4, 0.5) is 0 Å². The fraction of sp³-hybridized carbons (Fsp3) is 0.625. The zero-order valence-electron chi connectivity index (χ0n) is 13.8. The minimum Gasteiger partial charge on any atom is -0.354 e.